The van der Waals surface area contributed by atoms with Gasteiger partial charge in [0.25, 0.3) is 0 Å². The van der Waals surface area contributed by atoms with Gasteiger partial charge in [-0.05, 0) is 21.9 Å². The largest absolute Gasteiger partial charge is 0.377 e. The van der Waals surface area contributed by atoms with Gasteiger partial charge in [-0.25, -0.2) is 0 Å². The van der Waals surface area contributed by atoms with Crippen molar-refractivity contribution in [2.45, 2.75) is 11.2 Å². The molecule has 1 aliphatic carbocycles. The number of rotatable bonds is 2. The minimum absolute atomic E-state index is 0.674. The molecule has 18 heavy (non-hydrogen) atoms. The van der Waals surface area contributed by atoms with Crippen molar-refractivity contribution in [3.05, 3.63) is 72.8 Å². The van der Waals surface area contributed by atoms with E-state index in [2.05, 4.69) is 13.2 Å². The summed E-state index contributed by atoms with van der Waals surface area (Å²) in [5.74, 6) is 0. The predicted octanol–water partition coefficient (Wildman–Crippen LogP) is 2.60. The highest BCUT2D eigenvalue weighted by Crippen LogP contribution is 2.53. The second-order valence-electron chi connectivity index (χ2n) is 4.65. The monoisotopic (exact) mass is 238 g/mol. The lowest BCUT2D eigenvalue weighted by Gasteiger charge is -2.34. The lowest BCUT2D eigenvalue weighted by molar-refractivity contribution is -0.0941. The molecule has 2 N–H and O–H groups in total. The number of benzene rings is 2. The van der Waals surface area contributed by atoms with E-state index in [1.54, 1.807) is 0 Å². The lowest BCUT2D eigenvalue weighted by Crippen LogP contribution is -2.42. The maximum absolute atomic E-state index is 10.8. The highest BCUT2D eigenvalue weighted by atomic mass is 16.4. The van der Waals surface area contributed by atoms with Crippen LogP contribution in [-0.2, 0) is 11.2 Å². The van der Waals surface area contributed by atoms with Gasteiger partial charge in [-0.1, -0.05) is 61.7 Å². The van der Waals surface area contributed by atoms with E-state index in [4.69, 9.17) is 0 Å². The molecule has 0 saturated carbocycles. The fourth-order valence-electron chi connectivity index (χ4n) is 2.92. The smallest absolute Gasteiger partial charge is 0.144 e. The Kier molecular flexibility index (Phi) is 2.06. The van der Waals surface area contributed by atoms with Gasteiger partial charge in [-0.2, -0.15) is 0 Å². The van der Waals surface area contributed by atoms with E-state index in [1.165, 1.54) is 12.2 Å². The molecule has 0 saturated heterocycles. The first kappa shape index (κ1) is 11.2. The Labute approximate surface area is 106 Å². The summed E-state index contributed by atoms with van der Waals surface area (Å²) in [6, 6.07) is 11.3. The Morgan fingerprint density at radius 1 is 0.833 bits per heavy atom. The molecule has 2 heteroatoms. The molecule has 0 radical (unpaired) electrons. The maximum Gasteiger partial charge on any atom is 0.144 e. The van der Waals surface area contributed by atoms with Gasteiger partial charge in [0.2, 0.25) is 0 Å². The molecule has 1 aliphatic rings. The second-order valence-corrected chi connectivity index (χ2v) is 4.65. The summed E-state index contributed by atoms with van der Waals surface area (Å²) in [5.41, 5.74) is -1.71. The number of aliphatic hydroxyl groups is 2. The highest BCUT2D eigenvalue weighted by molar-refractivity contribution is 5.94. The van der Waals surface area contributed by atoms with Crippen LogP contribution in [0.5, 0.6) is 0 Å². The van der Waals surface area contributed by atoms with Crippen LogP contribution in [-0.4, -0.2) is 10.2 Å². The van der Waals surface area contributed by atoms with Gasteiger partial charge < -0.3 is 10.2 Å². The third-order valence-electron chi connectivity index (χ3n) is 3.90. The minimum atomic E-state index is -1.53. The molecule has 0 fully saturated rings. The van der Waals surface area contributed by atoms with Crippen molar-refractivity contribution in [1.29, 1.82) is 0 Å². The van der Waals surface area contributed by atoms with Crippen LogP contribution in [0.15, 0.2) is 61.7 Å². The van der Waals surface area contributed by atoms with Crippen molar-refractivity contribution >= 4 is 10.8 Å². The van der Waals surface area contributed by atoms with Gasteiger partial charge in [0.1, 0.15) is 11.2 Å². The van der Waals surface area contributed by atoms with Gasteiger partial charge in [0.05, 0.1) is 0 Å². The van der Waals surface area contributed by atoms with Crippen LogP contribution < -0.4 is 0 Å². The van der Waals surface area contributed by atoms with E-state index in [9.17, 15) is 10.2 Å². The fraction of sp³-hybridized carbons (Fsp3) is 0.125. The summed E-state index contributed by atoms with van der Waals surface area (Å²) < 4.78 is 0. The van der Waals surface area contributed by atoms with Crippen molar-refractivity contribution in [1.82, 2.24) is 0 Å². The van der Waals surface area contributed by atoms with Gasteiger partial charge >= 0.3 is 0 Å². The first-order valence-corrected chi connectivity index (χ1v) is 5.83. The van der Waals surface area contributed by atoms with Gasteiger partial charge in [-0.3, -0.25) is 0 Å². The summed E-state index contributed by atoms with van der Waals surface area (Å²) >= 11 is 0. The van der Waals surface area contributed by atoms with Crippen molar-refractivity contribution in [3.63, 3.8) is 0 Å². The summed E-state index contributed by atoms with van der Waals surface area (Å²) in [5, 5.41) is 23.5. The van der Waals surface area contributed by atoms with E-state index >= 15 is 0 Å². The molecule has 0 heterocycles. The van der Waals surface area contributed by atoms with E-state index in [0.717, 1.165) is 10.8 Å². The van der Waals surface area contributed by atoms with Gasteiger partial charge in [0, 0.05) is 0 Å². The van der Waals surface area contributed by atoms with Crippen LogP contribution in [0.1, 0.15) is 11.1 Å². The van der Waals surface area contributed by atoms with E-state index in [0.29, 0.717) is 11.1 Å². The average Bonchev–Trinajstić information content (AvgIpc) is 2.62. The summed E-state index contributed by atoms with van der Waals surface area (Å²) in [4.78, 5) is 0. The predicted molar refractivity (Wildman–Crippen MR) is 72.1 cm³/mol. The molecule has 0 spiro atoms. The lowest BCUT2D eigenvalue weighted by atomic mass is 9.81. The molecule has 2 aromatic carbocycles. The maximum atomic E-state index is 10.8. The van der Waals surface area contributed by atoms with Crippen molar-refractivity contribution < 1.29 is 10.2 Å². The Hall–Kier alpha value is -1.90. The summed E-state index contributed by atoms with van der Waals surface area (Å²) in [6.45, 7) is 7.34. The number of hydrogen-bond donors (Lipinski definition) is 2. The van der Waals surface area contributed by atoms with Gasteiger partial charge in [-0.15, -0.1) is 0 Å². The first-order valence-electron chi connectivity index (χ1n) is 5.83. The quantitative estimate of drug-likeness (QED) is 0.789. The second kappa shape index (κ2) is 3.31. The van der Waals surface area contributed by atoms with E-state index < -0.39 is 11.2 Å². The first-order chi connectivity index (χ1) is 8.58. The van der Waals surface area contributed by atoms with Crippen LogP contribution in [0.25, 0.3) is 10.8 Å². The molecular weight excluding hydrogens is 224 g/mol. The molecule has 2 nitrogen and oxygen atoms in total. The third-order valence-corrected chi connectivity index (χ3v) is 3.90. The zero-order valence-corrected chi connectivity index (χ0v) is 9.93. The Morgan fingerprint density at radius 2 is 1.28 bits per heavy atom. The zero-order valence-electron chi connectivity index (χ0n) is 9.93. The number of hydrogen-bond acceptors (Lipinski definition) is 2. The topological polar surface area (TPSA) is 40.5 Å². The SMILES string of the molecule is C=C[C@@]1(O)c2cccc3cccc(c23)[C@]1(O)C=C. The van der Waals surface area contributed by atoms with Crippen LogP contribution in [0, 0.1) is 0 Å². The van der Waals surface area contributed by atoms with Crippen LogP contribution >= 0.6 is 0 Å². The normalized spacial score (nSPS) is 29.4. The Morgan fingerprint density at radius 3 is 1.67 bits per heavy atom. The van der Waals surface area contributed by atoms with Crippen molar-refractivity contribution in [3.8, 4) is 0 Å². The highest BCUT2D eigenvalue weighted by Gasteiger charge is 2.54. The summed E-state index contributed by atoms with van der Waals surface area (Å²) in [7, 11) is 0. The Balaban J connectivity index is 2.55. The van der Waals surface area contributed by atoms with Crippen LogP contribution in [0.3, 0.4) is 0 Å². The van der Waals surface area contributed by atoms with Crippen LogP contribution in [0.4, 0.5) is 0 Å². The average molecular weight is 238 g/mol. The van der Waals surface area contributed by atoms with E-state index in [-0.39, 0.29) is 0 Å². The zero-order chi connectivity index (χ0) is 13.0. The molecule has 2 aromatic rings. The molecule has 0 amide bonds. The molecule has 90 valence electrons. The minimum Gasteiger partial charge on any atom is -0.377 e. The van der Waals surface area contributed by atoms with Crippen LogP contribution in [0.2, 0.25) is 0 Å². The molecule has 0 unspecified atom stereocenters. The van der Waals surface area contributed by atoms with Crippen molar-refractivity contribution in [2.75, 3.05) is 0 Å². The molecule has 0 aromatic heterocycles. The fourth-order valence-corrected chi connectivity index (χ4v) is 2.92. The summed E-state index contributed by atoms with van der Waals surface area (Å²) in [6.07, 6.45) is 2.76. The third kappa shape index (κ3) is 1.00. The Bertz CT molecular complexity index is 619. The molecule has 3 rings (SSSR count). The van der Waals surface area contributed by atoms with Crippen molar-refractivity contribution in [2.24, 2.45) is 0 Å². The molecule has 0 bridgehead atoms. The molecule has 0 aliphatic heterocycles. The molecule has 2 atom stereocenters. The van der Waals surface area contributed by atoms with E-state index in [1.807, 2.05) is 36.4 Å². The van der Waals surface area contributed by atoms with Gasteiger partial charge in [0.15, 0.2) is 0 Å². The standard InChI is InChI=1S/C16H14O2/c1-3-15(17)12-9-5-7-11-8-6-10-13(14(11)12)16(15,18)4-2/h3-10,17-18H,1-2H2/t15-,16-/m1/s1. The molecular formula is C16H14O2.